The molecule has 86 valence electrons. The monoisotopic (exact) mass is 236 g/mol. The highest BCUT2D eigenvalue weighted by molar-refractivity contribution is 6.31. The van der Waals surface area contributed by atoms with Crippen LogP contribution in [0.15, 0.2) is 24.3 Å². The highest BCUT2D eigenvalue weighted by atomic mass is 35.5. The number of aromatic nitrogens is 1. The first kappa shape index (κ1) is 11.5. The molecule has 0 amide bonds. The van der Waals surface area contributed by atoms with Crippen LogP contribution in [0.2, 0.25) is 5.02 Å². The predicted molar refractivity (Wildman–Crippen MR) is 70.0 cm³/mol. The number of hydrogen-bond acceptors (Lipinski definition) is 1. The van der Waals surface area contributed by atoms with Crippen molar-refractivity contribution in [2.75, 3.05) is 6.54 Å². The summed E-state index contributed by atoms with van der Waals surface area (Å²) in [6.45, 7) is 5.38. The largest absolute Gasteiger partial charge is 0.357 e. The van der Waals surface area contributed by atoms with Crippen LogP contribution in [0, 0.1) is 0 Å². The average molecular weight is 237 g/mol. The van der Waals surface area contributed by atoms with Crippen molar-refractivity contribution in [2.45, 2.75) is 26.3 Å². The minimum absolute atomic E-state index is 0.353. The molecule has 2 N–H and O–H groups in total. The molecule has 3 heteroatoms. The van der Waals surface area contributed by atoms with Crippen molar-refractivity contribution in [1.82, 2.24) is 10.3 Å². The lowest BCUT2D eigenvalue weighted by Gasteiger charge is -2.10. The van der Waals surface area contributed by atoms with Gasteiger partial charge in [-0.05, 0) is 44.2 Å². The number of benzene rings is 1. The molecule has 0 aliphatic heterocycles. The zero-order valence-corrected chi connectivity index (χ0v) is 10.4. The minimum atomic E-state index is 0.353. The summed E-state index contributed by atoms with van der Waals surface area (Å²) in [5.74, 6) is 0. The van der Waals surface area contributed by atoms with E-state index in [2.05, 4.69) is 30.2 Å². The SMILES string of the molecule is CCCNC(C)c1cc2cc(Cl)ccc2[nH]1. The van der Waals surface area contributed by atoms with Crippen LogP contribution in [-0.4, -0.2) is 11.5 Å². The molecule has 16 heavy (non-hydrogen) atoms. The Labute approximate surface area is 101 Å². The molecule has 0 radical (unpaired) electrons. The summed E-state index contributed by atoms with van der Waals surface area (Å²) < 4.78 is 0. The third-order valence-corrected chi connectivity index (χ3v) is 3.01. The van der Waals surface area contributed by atoms with E-state index in [1.165, 1.54) is 11.1 Å². The number of nitrogens with one attached hydrogen (secondary N) is 2. The zero-order chi connectivity index (χ0) is 11.5. The van der Waals surface area contributed by atoms with Gasteiger partial charge in [-0.25, -0.2) is 0 Å². The van der Waals surface area contributed by atoms with E-state index in [4.69, 9.17) is 11.6 Å². The number of rotatable bonds is 4. The van der Waals surface area contributed by atoms with Crippen molar-refractivity contribution in [1.29, 1.82) is 0 Å². The van der Waals surface area contributed by atoms with Crippen molar-refractivity contribution in [2.24, 2.45) is 0 Å². The molecule has 2 aromatic rings. The van der Waals surface area contributed by atoms with Gasteiger partial charge in [0.2, 0.25) is 0 Å². The summed E-state index contributed by atoms with van der Waals surface area (Å²) in [7, 11) is 0. The van der Waals surface area contributed by atoms with E-state index in [0.717, 1.165) is 23.5 Å². The molecule has 0 spiro atoms. The number of aromatic amines is 1. The van der Waals surface area contributed by atoms with E-state index in [1.807, 2.05) is 18.2 Å². The third-order valence-electron chi connectivity index (χ3n) is 2.77. The summed E-state index contributed by atoms with van der Waals surface area (Å²) in [6.07, 6.45) is 1.15. The quantitative estimate of drug-likeness (QED) is 0.829. The van der Waals surface area contributed by atoms with Gasteiger partial charge in [-0.3, -0.25) is 0 Å². The van der Waals surface area contributed by atoms with Crippen LogP contribution < -0.4 is 5.32 Å². The topological polar surface area (TPSA) is 27.8 Å². The van der Waals surface area contributed by atoms with E-state index in [-0.39, 0.29) is 0 Å². The Bertz CT molecular complexity index is 476. The van der Waals surface area contributed by atoms with Gasteiger partial charge in [0, 0.05) is 27.7 Å². The number of hydrogen-bond donors (Lipinski definition) is 2. The van der Waals surface area contributed by atoms with Crippen LogP contribution in [0.4, 0.5) is 0 Å². The summed E-state index contributed by atoms with van der Waals surface area (Å²) in [6, 6.07) is 8.44. The van der Waals surface area contributed by atoms with Gasteiger partial charge in [0.15, 0.2) is 0 Å². The molecule has 0 aliphatic rings. The van der Waals surface area contributed by atoms with Crippen LogP contribution in [0.3, 0.4) is 0 Å². The normalized spacial score (nSPS) is 13.2. The number of halogens is 1. The molecule has 1 unspecified atom stereocenters. The number of fused-ring (bicyclic) bond motifs is 1. The van der Waals surface area contributed by atoms with Crippen LogP contribution in [-0.2, 0) is 0 Å². The van der Waals surface area contributed by atoms with Gasteiger partial charge < -0.3 is 10.3 Å². The van der Waals surface area contributed by atoms with Crippen molar-refractivity contribution in [3.8, 4) is 0 Å². The molecule has 1 heterocycles. The Hall–Kier alpha value is -0.990. The maximum Gasteiger partial charge on any atom is 0.0457 e. The molecule has 0 aliphatic carbocycles. The first-order chi connectivity index (χ1) is 7.70. The summed E-state index contributed by atoms with van der Waals surface area (Å²) in [4.78, 5) is 3.41. The maximum absolute atomic E-state index is 5.96. The third kappa shape index (κ3) is 2.39. The Balaban J connectivity index is 2.25. The molecule has 0 saturated heterocycles. The van der Waals surface area contributed by atoms with E-state index in [9.17, 15) is 0 Å². The van der Waals surface area contributed by atoms with E-state index >= 15 is 0 Å². The Morgan fingerprint density at radius 3 is 2.94 bits per heavy atom. The molecule has 2 nitrogen and oxygen atoms in total. The molecule has 1 aromatic carbocycles. The second-order valence-electron chi connectivity index (χ2n) is 4.13. The standard InChI is InChI=1S/C13H17ClN2/c1-3-6-15-9(2)13-8-10-7-11(14)4-5-12(10)16-13/h4-5,7-9,15-16H,3,6H2,1-2H3. The Kier molecular flexibility index (Phi) is 3.52. The van der Waals surface area contributed by atoms with Gasteiger partial charge in [0.05, 0.1) is 0 Å². The van der Waals surface area contributed by atoms with Crippen molar-refractivity contribution in [3.05, 3.63) is 35.0 Å². The minimum Gasteiger partial charge on any atom is -0.357 e. The summed E-state index contributed by atoms with van der Waals surface area (Å²) in [5, 5.41) is 5.42. The zero-order valence-electron chi connectivity index (χ0n) is 9.68. The van der Waals surface area contributed by atoms with Crippen LogP contribution in [0.1, 0.15) is 32.0 Å². The summed E-state index contributed by atoms with van der Waals surface area (Å²) in [5.41, 5.74) is 2.36. The lowest BCUT2D eigenvalue weighted by molar-refractivity contribution is 0.561. The molecular weight excluding hydrogens is 220 g/mol. The highest BCUT2D eigenvalue weighted by Crippen LogP contribution is 2.22. The van der Waals surface area contributed by atoms with Crippen LogP contribution >= 0.6 is 11.6 Å². The molecule has 1 aromatic heterocycles. The van der Waals surface area contributed by atoms with Crippen molar-refractivity contribution in [3.63, 3.8) is 0 Å². The molecular formula is C13H17ClN2. The molecule has 1 atom stereocenters. The fourth-order valence-electron chi connectivity index (χ4n) is 1.83. The molecule has 0 saturated carbocycles. The van der Waals surface area contributed by atoms with Gasteiger partial charge >= 0.3 is 0 Å². The van der Waals surface area contributed by atoms with E-state index in [0.29, 0.717) is 6.04 Å². The van der Waals surface area contributed by atoms with E-state index < -0.39 is 0 Å². The fraction of sp³-hybridized carbons (Fsp3) is 0.385. The van der Waals surface area contributed by atoms with E-state index in [1.54, 1.807) is 0 Å². The van der Waals surface area contributed by atoms with Gasteiger partial charge in [0.1, 0.15) is 0 Å². The second kappa shape index (κ2) is 4.89. The average Bonchev–Trinajstić information content (AvgIpc) is 2.68. The second-order valence-corrected chi connectivity index (χ2v) is 4.57. The number of H-pyrrole nitrogens is 1. The first-order valence-corrected chi connectivity index (χ1v) is 6.10. The summed E-state index contributed by atoms with van der Waals surface area (Å²) >= 11 is 5.96. The Morgan fingerprint density at radius 1 is 1.38 bits per heavy atom. The van der Waals surface area contributed by atoms with Gasteiger partial charge in [-0.15, -0.1) is 0 Å². The van der Waals surface area contributed by atoms with Gasteiger partial charge in [-0.1, -0.05) is 18.5 Å². The van der Waals surface area contributed by atoms with Crippen molar-refractivity contribution >= 4 is 22.5 Å². The van der Waals surface area contributed by atoms with Crippen LogP contribution in [0.25, 0.3) is 10.9 Å². The Morgan fingerprint density at radius 2 is 2.19 bits per heavy atom. The fourth-order valence-corrected chi connectivity index (χ4v) is 2.01. The van der Waals surface area contributed by atoms with Gasteiger partial charge in [0.25, 0.3) is 0 Å². The lowest BCUT2D eigenvalue weighted by atomic mass is 10.2. The first-order valence-electron chi connectivity index (χ1n) is 5.72. The maximum atomic E-state index is 5.96. The smallest absolute Gasteiger partial charge is 0.0457 e. The van der Waals surface area contributed by atoms with Gasteiger partial charge in [-0.2, -0.15) is 0 Å². The molecule has 0 fully saturated rings. The van der Waals surface area contributed by atoms with Crippen molar-refractivity contribution < 1.29 is 0 Å². The molecule has 0 bridgehead atoms. The highest BCUT2D eigenvalue weighted by Gasteiger charge is 2.07. The van der Waals surface area contributed by atoms with Crippen LogP contribution in [0.5, 0.6) is 0 Å². The molecule has 2 rings (SSSR count). The predicted octanol–water partition coefficient (Wildman–Crippen LogP) is 3.88. The lowest BCUT2D eigenvalue weighted by Crippen LogP contribution is -2.19.